The number of hydrogen-bond donors (Lipinski definition) is 1. The molecule has 0 heterocycles. The summed E-state index contributed by atoms with van der Waals surface area (Å²) in [4.78, 5) is 22.5. The van der Waals surface area contributed by atoms with E-state index in [2.05, 4.69) is 0 Å². The monoisotopic (exact) mass is 381 g/mol. The van der Waals surface area contributed by atoms with Gasteiger partial charge in [0, 0.05) is 5.92 Å². The molecule has 0 fully saturated rings. The van der Waals surface area contributed by atoms with Crippen molar-refractivity contribution in [1.29, 1.82) is 0 Å². The maximum Gasteiger partial charge on any atom is 0.407 e. The normalized spacial score (nSPS) is 14.2. The van der Waals surface area contributed by atoms with Gasteiger partial charge in [-0.15, -0.1) is 0 Å². The molecular formula is C19H15F4NO3. The number of fused-ring (bicyclic) bond motifs is 3. The fourth-order valence-corrected chi connectivity index (χ4v) is 3.20. The molecule has 1 atom stereocenters. The smallest absolute Gasteiger partial charge is 0.407 e. The van der Waals surface area contributed by atoms with Gasteiger partial charge in [-0.2, -0.15) is 17.6 Å². The van der Waals surface area contributed by atoms with Crippen molar-refractivity contribution in [1.82, 2.24) is 5.32 Å². The van der Waals surface area contributed by atoms with Crippen molar-refractivity contribution >= 4 is 12.1 Å². The summed E-state index contributed by atoms with van der Waals surface area (Å²) in [6.45, 7) is -0.154. The van der Waals surface area contributed by atoms with Gasteiger partial charge in [0.05, 0.1) is 6.42 Å². The third kappa shape index (κ3) is 4.27. The number of amides is 1. The molecule has 1 amide bonds. The maximum absolute atomic E-state index is 12.8. The van der Waals surface area contributed by atoms with Gasteiger partial charge in [-0.05, 0) is 22.3 Å². The highest BCUT2D eigenvalue weighted by atomic mass is 19.4. The second kappa shape index (κ2) is 7.38. The van der Waals surface area contributed by atoms with Gasteiger partial charge < -0.3 is 10.1 Å². The molecule has 2 aromatic carbocycles. The molecule has 0 spiro atoms. The van der Waals surface area contributed by atoms with Gasteiger partial charge in [-0.25, -0.2) is 4.79 Å². The Hall–Kier alpha value is -2.90. The Morgan fingerprint density at radius 1 is 1.00 bits per heavy atom. The standard InChI is InChI=1S/C19H15F4NO3/c20-17(25)16(9-19(21,22)23)24-18(26)27-10-15-13-7-3-1-5-11(13)12-6-2-4-8-14(12)15/h1-8,15-16H,9-10H2,(H,24,26). The number of alkyl halides is 3. The van der Waals surface area contributed by atoms with Crippen LogP contribution in [-0.2, 0) is 9.53 Å². The highest BCUT2D eigenvalue weighted by Crippen LogP contribution is 2.44. The van der Waals surface area contributed by atoms with E-state index >= 15 is 0 Å². The molecule has 4 nitrogen and oxygen atoms in total. The van der Waals surface area contributed by atoms with E-state index in [0.29, 0.717) is 0 Å². The van der Waals surface area contributed by atoms with Gasteiger partial charge in [-0.3, -0.25) is 4.79 Å². The average Bonchev–Trinajstić information content (AvgIpc) is 2.92. The van der Waals surface area contributed by atoms with Crippen molar-refractivity contribution in [3.8, 4) is 11.1 Å². The molecule has 1 aliphatic carbocycles. The molecule has 1 unspecified atom stereocenters. The van der Waals surface area contributed by atoms with Crippen LogP contribution in [0.15, 0.2) is 48.5 Å². The lowest BCUT2D eigenvalue weighted by atomic mass is 9.98. The summed E-state index contributed by atoms with van der Waals surface area (Å²) in [6, 6.07) is 10.4. The molecule has 0 radical (unpaired) electrons. The Labute approximate surface area is 152 Å². The molecule has 0 saturated carbocycles. The van der Waals surface area contributed by atoms with Crippen LogP contribution in [0.4, 0.5) is 22.4 Å². The van der Waals surface area contributed by atoms with E-state index in [9.17, 15) is 27.2 Å². The van der Waals surface area contributed by atoms with Gasteiger partial charge in [-0.1, -0.05) is 48.5 Å². The van der Waals surface area contributed by atoms with Crippen molar-refractivity contribution in [2.24, 2.45) is 0 Å². The topological polar surface area (TPSA) is 55.4 Å². The van der Waals surface area contributed by atoms with Gasteiger partial charge in [0.15, 0.2) is 0 Å². The van der Waals surface area contributed by atoms with Gasteiger partial charge >= 0.3 is 18.3 Å². The number of alkyl carbamates (subject to hydrolysis) is 1. The Balaban J connectivity index is 1.69. The lowest BCUT2D eigenvalue weighted by Crippen LogP contribution is -2.42. The molecular weight excluding hydrogens is 366 g/mol. The number of benzene rings is 2. The molecule has 0 bridgehead atoms. The van der Waals surface area contributed by atoms with Crippen molar-refractivity contribution in [2.45, 2.75) is 24.6 Å². The lowest BCUT2D eigenvalue weighted by molar-refractivity contribution is -0.153. The molecule has 3 rings (SSSR count). The molecule has 27 heavy (non-hydrogen) atoms. The summed E-state index contributed by atoms with van der Waals surface area (Å²) in [5.74, 6) is -0.301. The largest absolute Gasteiger partial charge is 0.449 e. The predicted octanol–water partition coefficient (Wildman–Crippen LogP) is 4.34. The lowest BCUT2D eigenvalue weighted by Gasteiger charge is -2.18. The van der Waals surface area contributed by atoms with E-state index in [0.717, 1.165) is 22.3 Å². The first-order valence-electron chi connectivity index (χ1n) is 8.14. The van der Waals surface area contributed by atoms with E-state index in [4.69, 9.17) is 4.74 Å². The van der Waals surface area contributed by atoms with E-state index in [1.165, 1.54) is 0 Å². The Kier molecular flexibility index (Phi) is 5.16. The minimum atomic E-state index is -4.80. The van der Waals surface area contributed by atoms with Gasteiger partial charge in [0.1, 0.15) is 12.6 Å². The van der Waals surface area contributed by atoms with Crippen LogP contribution in [0.3, 0.4) is 0 Å². The Morgan fingerprint density at radius 2 is 1.52 bits per heavy atom. The van der Waals surface area contributed by atoms with E-state index < -0.39 is 30.8 Å². The zero-order valence-electron chi connectivity index (χ0n) is 13.9. The van der Waals surface area contributed by atoms with Gasteiger partial charge in [0.25, 0.3) is 0 Å². The molecule has 2 aromatic rings. The molecule has 0 aromatic heterocycles. The molecule has 8 heteroatoms. The summed E-state index contributed by atoms with van der Waals surface area (Å²) in [7, 11) is 0. The average molecular weight is 381 g/mol. The number of rotatable bonds is 5. The van der Waals surface area contributed by atoms with Crippen LogP contribution in [0.2, 0.25) is 0 Å². The van der Waals surface area contributed by atoms with Crippen molar-refractivity contribution in [3.63, 3.8) is 0 Å². The second-order valence-corrected chi connectivity index (χ2v) is 6.15. The van der Waals surface area contributed by atoms with Crippen LogP contribution in [0.25, 0.3) is 11.1 Å². The first kappa shape index (κ1) is 18.9. The Morgan fingerprint density at radius 3 is 2.00 bits per heavy atom. The maximum atomic E-state index is 12.8. The summed E-state index contributed by atoms with van der Waals surface area (Å²) >= 11 is 0. The quantitative estimate of drug-likeness (QED) is 0.619. The van der Waals surface area contributed by atoms with E-state index in [-0.39, 0.29) is 12.5 Å². The number of hydrogen-bond acceptors (Lipinski definition) is 3. The van der Waals surface area contributed by atoms with E-state index in [1.54, 1.807) is 5.32 Å². The summed E-state index contributed by atoms with van der Waals surface area (Å²) in [5, 5.41) is 1.64. The number of nitrogens with one attached hydrogen (secondary N) is 1. The number of halogens is 4. The van der Waals surface area contributed by atoms with Crippen LogP contribution in [-0.4, -0.2) is 31.0 Å². The SMILES string of the molecule is O=C(NC(CC(F)(F)F)C(=O)F)OCC1c2ccccc2-c2ccccc21. The summed E-state index contributed by atoms with van der Waals surface area (Å²) in [5.41, 5.74) is 3.80. The molecule has 0 aliphatic heterocycles. The van der Waals surface area contributed by atoms with Crippen LogP contribution < -0.4 is 5.32 Å². The van der Waals surface area contributed by atoms with Crippen LogP contribution in [0.1, 0.15) is 23.5 Å². The third-order valence-electron chi connectivity index (χ3n) is 4.35. The van der Waals surface area contributed by atoms with Crippen molar-refractivity contribution in [3.05, 3.63) is 59.7 Å². The molecule has 0 saturated heterocycles. The fraction of sp³-hybridized carbons (Fsp3) is 0.263. The number of carbonyl (C=O) groups is 2. The number of ether oxygens (including phenoxy) is 1. The highest BCUT2D eigenvalue weighted by molar-refractivity contribution is 5.81. The fourth-order valence-electron chi connectivity index (χ4n) is 3.20. The zero-order chi connectivity index (χ0) is 19.6. The first-order chi connectivity index (χ1) is 12.8. The minimum absolute atomic E-state index is 0.154. The second-order valence-electron chi connectivity index (χ2n) is 6.15. The molecule has 1 N–H and O–H groups in total. The van der Waals surface area contributed by atoms with Crippen molar-refractivity contribution in [2.75, 3.05) is 6.61 Å². The third-order valence-corrected chi connectivity index (χ3v) is 4.35. The van der Waals surface area contributed by atoms with Crippen molar-refractivity contribution < 1.29 is 31.9 Å². The Bertz CT molecular complexity index is 821. The van der Waals surface area contributed by atoms with E-state index in [1.807, 2.05) is 48.5 Å². The van der Waals surface area contributed by atoms with Gasteiger partial charge in [0.2, 0.25) is 0 Å². The first-order valence-corrected chi connectivity index (χ1v) is 8.14. The molecule has 142 valence electrons. The predicted molar refractivity (Wildman–Crippen MR) is 88.8 cm³/mol. The summed E-state index contributed by atoms with van der Waals surface area (Å²) < 4.78 is 54.9. The zero-order valence-corrected chi connectivity index (χ0v) is 13.9. The van der Waals surface area contributed by atoms with Crippen LogP contribution in [0.5, 0.6) is 0 Å². The summed E-state index contributed by atoms with van der Waals surface area (Å²) in [6.07, 6.45) is -7.88. The minimum Gasteiger partial charge on any atom is -0.449 e. The highest BCUT2D eigenvalue weighted by Gasteiger charge is 2.37. The molecule has 1 aliphatic rings. The van der Waals surface area contributed by atoms with Crippen LogP contribution in [0, 0.1) is 0 Å². The van der Waals surface area contributed by atoms with Crippen LogP contribution >= 0.6 is 0 Å². The number of carbonyl (C=O) groups excluding carboxylic acids is 2.